The van der Waals surface area contributed by atoms with Crippen molar-refractivity contribution in [3.8, 4) is 11.9 Å². The Kier molecular flexibility index (Phi) is 5.99. The molecular weight excluding hydrogens is 455 g/mol. The predicted molar refractivity (Wildman–Crippen MR) is 114 cm³/mol. The topological polar surface area (TPSA) is 123 Å². The molecule has 12 heteroatoms. The van der Waals surface area contributed by atoms with Gasteiger partial charge in [-0.3, -0.25) is 4.79 Å². The number of pyridine rings is 1. The number of rotatable bonds is 6. The van der Waals surface area contributed by atoms with E-state index < -0.39 is 17.5 Å². The van der Waals surface area contributed by atoms with Gasteiger partial charge >= 0.3 is 5.51 Å². The molecule has 3 N–H and O–H groups in total. The van der Waals surface area contributed by atoms with Gasteiger partial charge in [0.25, 0.3) is 5.91 Å². The molecule has 1 amide bonds. The van der Waals surface area contributed by atoms with E-state index in [0.29, 0.717) is 11.4 Å². The summed E-state index contributed by atoms with van der Waals surface area (Å²) in [4.78, 5) is 21.2. The van der Waals surface area contributed by atoms with Crippen molar-refractivity contribution in [3.05, 3.63) is 59.0 Å². The van der Waals surface area contributed by atoms with Crippen molar-refractivity contribution in [2.24, 2.45) is 0 Å². The number of hydrogen-bond donors (Lipinski definition) is 2. The summed E-state index contributed by atoms with van der Waals surface area (Å²) in [6.07, 6.45) is 3.14. The van der Waals surface area contributed by atoms with E-state index in [0.717, 1.165) is 18.4 Å². The Morgan fingerprint density at radius 2 is 2.09 bits per heavy atom. The first-order chi connectivity index (χ1) is 15.6. The number of carbonyl (C=O) groups is 1. The molecule has 1 saturated carbocycles. The van der Waals surface area contributed by atoms with Crippen molar-refractivity contribution < 1.29 is 18.0 Å². The van der Waals surface area contributed by atoms with Gasteiger partial charge in [-0.1, -0.05) is 0 Å². The third-order valence-corrected chi connectivity index (χ3v) is 5.65. The normalized spacial score (nSPS) is 14.5. The molecule has 0 unspecified atom stereocenters. The number of anilines is 1. The molecule has 1 fully saturated rings. The molecule has 33 heavy (non-hydrogen) atoms. The van der Waals surface area contributed by atoms with E-state index in [9.17, 15) is 18.0 Å². The fraction of sp³-hybridized carbons (Fsp3) is 0.286. The van der Waals surface area contributed by atoms with Gasteiger partial charge in [0.1, 0.15) is 6.07 Å². The molecule has 0 spiro atoms. The maximum absolute atomic E-state index is 12.9. The van der Waals surface area contributed by atoms with Crippen molar-refractivity contribution in [3.63, 3.8) is 0 Å². The standard InChI is InChI=1S/C21H18F3N7OS/c1-11(18-29-20(26)30-31(18)17-5-2-12(9-25)10-27-17)28-19(32)15-6-14(13-3-4-13)7-16(8-15)33-21(22,23)24/h2,5-8,10-11,13H,3-4H2,1H3,(H2,26,30)(H,28,32)/t11-/m0/s1. The summed E-state index contributed by atoms with van der Waals surface area (Å²) in [6, 6.07) is 8.73. The van der Waals surface area contributed by atoms with Gasteiger partial charge in [0.15, 0.2) is 11.6 Å². The van der Waals surface area contributed by atoms with Gasteiger partial charge in [0.2, 0.25) is 5.95 Å². The molecular formula is C21H18F3N7OS. The number of halogens is 3. The Morgan fingerprint density at radius 1 is 1.33 bits per heavy atom. The van der Waals surface area contributed by atoms with E-state index in [1.807, 2.05) is 6.07 Å². The van der Waals surface area contributed by atoms with E-state index in [1.165, 1.54) is 23.0 Å². The number of carbonyl (C=O) groups excluding carboxylic acids is 1. The molecule has 0 aliphatic heterocycles. The average Bonchev–Trinajstić information content (AvgIpc) is 3.54. The van der Waals surface area contributed by atoms with Gasteiger partial charge < -0.3 is 11.1 Å². The molecule has 0 radical (unpaired) electrons. The highest BCUT2D eigenvalue weighted by atomic mass is 32.2. The van der Waals surface area contributed by atoms with Crippen molar-refractivity contribution >= 4 is 23.6 Å². The van der Waals surface area contributed by atoms with Crippen LogP contribution in [-0.2, 0) is 0 Å². The zero-order valence-electron chi connectivity index (χ0n) is 17.3. The van der Waals surface area contributed by atoms with Crippen molar-refractivity contribution in [2.75, 3.05) is 5.73 Å². The predicted octanol–water partition coefficient (Wildman–Crippen LogP) is 4.10. The lowest BCUT2D eigenvalue weighted by atomic mass is 10.1. The largest absolute Gasteiger partial charge is 0.446 e. The second-order valence-electron chi connectivity index (χ2n) is 7.56. The SMILES string of the molecule is C[C@H](NC(=O)c1cc(SC(F)(F)F)cc(C2CC2)c1)c1nc(N)nn1-c1ccc(C#N)cn1. The summed E-state index contributed by atoms with van der Waals surface area (Å²) in [7, 11) is 0. The summed E-state index contributed by atoms with van der Waals surface area (Å²) < 4.78 is 40.1. The Hall–Kier alpha value is -3.59. The quantitative estimate of drug-likeness (QED) is 0.517. The highest BCUT2D eigenvalue weighted by molar-refractivity contribution is 8.00. The van der Waals surface area contributed by atoms with Crippen LogP contribution in [0.3, 0.4) is 0 Å². The highest BCUT2D eigenvalue weighted by Crippen LogP contribution is 2.44. The monoisotopic (exact) mass is 473 g/mol. The number of alkyl halides is 3. The van der Waals surface area contributed by atoms with Crippen LogP contribution >= 0.6 is 11.8 Å². The number of nitrogens with zero attached hydrogens (tertiary/aromatic N) is 5. The minimum atomic E-state index is -4.45. The van der Waals surface area contributed by atoms with Gasteiger partial charge in [-0.25, -0.2) is 4.98 Å². The summed E-state index contributed by atoms with van der Waals surface area (Å²) in [5.41, 5.74) is 2.50. The Balaban J connectivity index is 1.59. The van der Waals surface area contributed by atoms with Crippen LogP contribution in [0.4, 0.5) is 19.1 Å². The van der Waals surface area contributed by atoms with E-state index >= 15 is 0 Å². The van der Waals surface area contributed by atoms with Crippen LogP contribution in [-0.4, -0.2) is 31.2 Å². The van der Waals surface area contributed by atoms with Crippen molar-refractivity contribution in [2.45, 2.75) is 42.1 Å². The number of benzene rings is 1. The number of nitrogen functional groups attached to an aromatic ring is 1. The maximum atomic E-state index is 12.9. The maximum Gasteiger partial charge on any atom is 0.446 e. The molecule has 170 valence electrons. The Morgan fingerprint density at radius 3 is 2.70 bits per heavy atom. The van der Waals surface area contributed by atoms with Crippen molar-refractivity contribution in [1.82, 2.24) is 25.1 Å². The van der Waals surface area contributed by atoms with Crippen LogP contribution < -0.4 is 11.1 Å². The minimum Gasteiger partial charge on any atom is -0.366 e. The Bertz CT molecular complexity index is 1230. The molecule has 1 aromatic carbocycles. The van der Waals surface area contributed by atoms with E-state index in [2.05, 4.69) is 20.4 Å². The summed E-state index contributed by atoms with van der Waals surface area (Å²) >= 11 is -0.241. The minimum absolute atomic E-state index is 0.0288. The lowest BCUT2D eigenvalue weighted by Gasteiger charge is -2.16. The summed E-state index contributed by atoms with van der Waals surface area (Å²) in [5, 5.41) is 15.8. The molecule has 8 nitrogen and oxygen atoms in total. The molecule has 0 bridgehead atoms. The van der Waals surface area contributed by atoms with E-state index in [1.54, 1.807) is 25.1 Å². The smallest absolute Gasteiger partial charge is 0.366 e. The number of hydrogen-bond acceptors (Lipinski definition) is 7. The van der Waals surface area contributed by atoms with Gasteiger partial charge in [0.05, 0.1) is 11.6 Å². The molecule has 1 aliphatic carbocycles. The number of thioether (sulfide) groups is 1. The van der Waals surface area contributed by atoms with Gasteiger partial charge in [-0.05, 0) is 73.3 Å². The second kappa shape index (κ2) is 8.74. The van der Waals surface area contributed by atoms with Crippen molar-refractivity contribution in [1.29, 1.82) is 5.26 Å². The summed E-state index contributed by atoms with van der Waals surface area (Å²) in [6.45, 7) is 1.65. The first kappa shape index (κ1) is 22.6. The van der Waals surface area contributed by atoms with Crippen LogP contribution in [0.2, 0.25) is 0 Å². The van der Waals surface area contributed by atoms with Gasteiger partial charge in [0, 0.05) is 16.7 Å². The number of nitrogens with one attached hydrogen (secondary N) is 1. The average molecular weight is 473 g/mol. The van der Waals surface area contributed by atoms with Crippen LogP contribution in [0.15, 0.2) is 41.4 Å². The molecule has 2 aromatic heterocycles. The molecule has 3 aromatic rings. The number of nitriles is 1. The zero-order valence-corrected chi connectivity index (χ0v) is 18.1. The fourth-order valence-electron chi connectivity index (χ4n) is 3.31. The van der Waals surface area contributed by atoms with E-state index in [-0.39, 0.29) is 39.9 Å². The first-order valence-corrected chi connectivity index (χ1v) is 10.7. The lowest BCUT2D eigenvalue weighted by molar-refractivity contribution is -0.0328. The third-order valence-electron chi connectivity index (χ3n) is 4.95. The van der Waals surface area contributed by atoms with E-state index in [4.69, 9.17) is 11.0 Å². The molecule has 2 heterocycles. The Labute approximate surface area is 191 Å². The molecule has 1 aliphatic rings. The fourth-order valence-corrected chi connectivity index (χ4v) is 3.96. The first-order valence-electron chi connectivity index (χ1n) is 9.93. The number of nitrogens with two attached hydrogens (primary N) is 1. The van der Waals surface area contributed by atoms with Gasteiger partial charge in [-0.2, -0.15) is 28.1 Å². The van der Waals surface area contributed by atoms with Crippen LogP contribution in [0, 0.1) is 11.3 Å². The second-order valence-corrected chi connectivity index (χ2v) is 8.70. The third kappa shape index (κ3) is 5.43. The highest BCUT2D eigenvalue weighted by Gasteiger charge is 2.32. The molecule has 1 atom stereocenters. The van der Waals surface area contributed by atoms with Crippen LogP contribution in [0.5, 0.6) is 0 Å². The number of amides is 1. The molecule has 4 rings (SSSR count). The zero-order chi connectivity index (χ0) is 23.8. The van der Waals surface area contributed by atoms with Crippen LogP contribution in [0.1, 0.15) is 59.0 Å². The number of aromatic nitrogens is 4. The van der Waals surface area contributed by atoms with Crippen LogP contribution in [0.25, 0.3) is 5.82 Å². The van der Waals surface area contributed by atoms with Gasteiger partial charge in [-0.15, -0.1) is 5.10 Å². The molecule has 0 saturated heterocycles. The summed E-state index contributed by atoms with van der Waals surface area (Å²) in [5.74, 6) is 0.204. The lowest BCUT2D eigenvalue weighted by Crippen LogP contribution is -2.29.